The summed E-state index contributed by atoms with van der Waals surface area (Å²) in [6.45, 7) is 1.89. The van der Waals surface area contributed by atoms with Crippen LogP contribution in [0.25, 0.3) is 0 Å². The quantitative estimate of drug-likeness (QED) is 0.650. The Morgan fingerprint density at radius 3 is 2.74 bits per heavy atom. The van der Waals surface area contributed by atoms with Gasteiger partial charge >= 0.3 is 5.97 Å². The average Bonchev–Trinajstić information content (AvgIpc) is 2.69. The van der Waals surface area contributed by atoms with Crippen molar-refractivity contribution in [2.24, 2.45) is 7.05 Å². The molecule has 6 heteroatoms. The summed E-state index contributed by atoms with van der Waals surface area (Å²) in [4.78, 5) is 11.7. The molecule has 0 aliphatic heterocycles. The minimum Gasteiger partial charge on any atom is -0.465 e. The van der Waals surface area contributed by atoms with Crippen LogP contribution in [-0.4, -0.2) is 22.9 Å². The van der Waals surface area contributed by atoms with Gasteiger partial charge in [0.05, 0.1) is 29.7 Å². The second kappa shape index (κ2) is 5.01. The van der Waals surface area contributed by atoms with Gasteiger partial charge in [-0.15, -0.1) is 0 Å². The van der Waals surface area contributed by atoms with Crippen molar-refractivity contribution in [2.45, 2.75) is 6.92 Å². The number of carbonyl (C=O) groups is 1. The summed E-state index contributed by atoms with van der Waals surface area (Å²) in [6.07, 6.45) is 1.84. The van der Waals surface area contributed by atoms with Crippen LogP contribution in [0.1, 0.15) is 16.1 Å². The number of anilines is 3. The van der Waals surface area contributed by atoms with E-state index < -0.39 is 5.97 Å². The van der Waals surface area contributed by atoms with E-state index in [0.29, 0.717) is 16.9 Å². The molecule has 1 aromatic carbocycles. The van der Waals surface area contributed by atoms with E-state index in [4.69, 9.17) is 10.5 Å². The normalized spacial score (nSPS) is 10.3. The van der Waals surface area contributed by atoms with Crippen molar-refractivity contribution in [1.29, 1.82) is 0 Å². The van der Waals surface area contributed by atoms with Crippen LogP contribution in [0.15, 0.2) is 24.4 Å². The molecule has 19 heavy (non-hydrogen) atoms. The SMILES string of the molecule is COC(=O)c1cc(N)ccc1Nc1cn(C)nc1C. The van der Waals surface area contributed by atoms with Crippen LogP contribution in [-0.2, 0) is 11.8 Å². The van der Waals surface area contributed by atoms with E-state index in [1.165, 1.54) is 7.11 Å². The summed E-state index contributed by atoms with van der Waals surface area (Å²) in [5, 5.41) is 7.40. The number of hydrogen-bond acceptors (Lipinski definition) is 5. The smallest absolute Gasteiger partial charge is 0.340 e. The zero-order chi connectivity index (χ0) is 14.0. The Morgan fingerprint density at radius 2 is 2.16 bits per heavy atom. The molecule has 0 saturated heterocycles. The molecule has 3 N–H and O–H groups in total. The molecule has 0 amide bonds. The number of benzene rings is 1. The average molecular weight is 260 g/mol. The van der Waals surface area contributed by atoms with Crippen molar-refractivity contribution in [3.8, 4) is 0 Å². The molecule has 0 aliphatic rings. The zero-order valence-corrected chi connectivity index (χ0v) is 11.1. The zero-order valence-electron chi connectivity index (χ0n) is 11.1. The molecule has 0 saturated carbocycles. The third-order valence-corrected chi connectivity index (χ3v) is 2.73. The second-order valence-corrected chi connectivity index (χ2v) is 4.22. The lowest BCUT2D eigenvalue weighted by molar-refractivity contribution is 0.0602. The van der Waals surface area contributed by atoms with Crippen molar-refractivity contribution in [3.63, 3.8) is 0 Å². The van der Waals surface area contributed by atoms with Gasteiger partial charge in [0.1, 0.15) is 0 Å². The standard InChI is InChI=1S/C13H16N4O2/c1-8-12(7-17(2)16-8)15-11-5-4-9(14)6-10(11)13(18)19-3/h4-7,15H,14H2,1-3H3. The van der Waals surface area contributed by atoms with Gasteiger partial charge in [-0.25, -0.2) is 4.79 Å². The van der Waals surface area contributed by atoms with Crippen molar-refractivity contribution in [1.82, 2.24) is 9.78 Å². The Labute approximate surface area is 111 Å². The largest absolute Gasteiger partial charge is 0.465 e. The molecule has 0 aliphatic carbocycles. The molecule has 2 aromatic rings. The number of aryl methyl sites for hydroxylation is 2. The summed E-state index contributed by atoms with van der Waals surface area (Å²) in [7, 11) is 3.17. The van der Waals surface area contributed by atoms with Crippen LogP contribution < -0.4 is 11.1 Å². The number of nitrogens with zero attached hydrogens (tertiary/aromatic N) is 2. The molecule has 1 aromatic heterocycles. The number of nitrogen functional groups attached to an aromatic ring is 1. The number of aromatic nitrogens is 2. The first kappa shape index (κ1) is 12.9. The van der Waals surface area contributed by atoms with Crippen LogP contribution in [0.2, 0.25) is 0 Å². The lowest BCUT2D eigenvalue weighted by Crippen LogP contribution is -2.06. The highest BCUT2D eigenvalue weighted by molar-refractivity contribution is 5.97. The summed E-state index contributed by atoms with van der Waals surface area (Å²) >= 11 is 0. The van der Waals surface area contributed by atoms with Gasteiger partial charge in [0, 0.05) is 18.9 Å². The van der Waals surface area contributed by atoms with Crippen molar-refractivity contribution >= 4 is 23.0 Å². The third-order valence-electron chi connectivity index (χ3n) is 2.73. The molecule has 0 radical (unpaired) electrons. The molecule has 1 heterocycles. The Morgan fingerprint density at radius 1 is 1.42 bits per heavy atom. The Kier molecular flexibility index (Phi) is 3.41. The molecular weight excluding hydrogens is 244 g/mol. The number of nitrogens with one attached hydrogen (secondary N) is 1. The highest BCUT2D eigenvalue weighted by atomic mass is 16.5. The van der Waals surface area contributed by atoms with E-state index >= 15 is 0 Å². The molecule has 0 spiro atoms. The molecule has 0 unspecified atom stereocenters. The van der Waals surface area contributed by atoms with Gasteiger partial charge in [0.2, 0.25) is 0 Å². The number of ether oxygens (including phenoxy) is 1. The number of rotatable bonds is 3. The van der Waals surface area contributed by atoms with E-state index in [0.717, 1.165) is 11.4 Å². The van der Waals surface area contributed by atoms with E-state index in [1.54, 1.807) is 22.9 Å². The van der Waals surface area contributed by atoms with E-state index in [2.05, 4.69) is 10.4 Å². The van der Waals surface area contributed by atoms with Crippen molar-refractivity contribution in [3.05, 3.63) is 35.7 Å². The molecular formula is C13H16N4O2. The Balaban J connectivity index is 2.39. The second-order valence-electron chi connectivity index (χ2n) is 4.22. The minimum absolute atomic E-state index is 0.394. The summed E-state index contributed by atoms with van der Waals surface area (Å²) in [5.74, 6) is -0.434. The van der Waals surface area contributed by atoms with Crippen LogP contribution in [0.5, 0.6) is 0 Å². The summed E-state index contributed by atoms with van der Waals surface area (Å²) < 4.78 is 6.45. The van der Waals surface area contributed by atoms with E-state index in [1.807, 2.05) is 20.2 Å². The van der Waals surface area contributed by atoms with Gasteiger partial charge in [-0.3, -0.25) is 4.68 Å². The number of hydrogen-bond donors (Lipinski definition) is 2. The van der Waals surface area contributed by atoms with Gasteiger partial charge in [-0.2, -0.15) is 5.10 Å². The van der Waals surface area contributed by atoms with Crippen LogP contribution in [0.4, 0.5) is 17.1 Å². The molecule has 2 rings (SSSR count). The first-order valence-corrected chi connectivity index (χ1v) is 5.76. The maximum Gasteiger partial charge on any atom is 0.340 e. The Bertz CT molecular complexity index is 619. The highest BCUT2D eigenvalue weighted by Gasteiger charge is 2.14. The van der Waals surface area contributed by atoms with Gasteiger partial charge in [-0.05, 0) is 25.1 Å². The lowest BCUT2D eigenvalue weighted by atomic mass is 10.1. The molecule has 100 valence electrons. The topological polar surface area (TPSA) is 82.2 Å². The molecule has 6 nitrogen and oxygen atoms in total. The molecule has 0 atom stereocenters. The summed E-state index contributed by atoms with van der Waals surface area (Å²) in [6, 6.07) is 5.05. The first-order valence-electron chi connectivity index (χ1n) is 5.76. The van der Waals surface area contributed by atoms with Gasteiger partial charge < -0.3 is 15.8 Å². The monoisotopic (exact) mass is 260 g/mol. The van der Waals surface area contributed by atoms with Crippen molar-refractivity contribution < 1.29 is 9.53 Å². The highest BCUT2D eigenvalue weighted by Crippen LogP contribution is 2.25. The van der Waals surface area contributed by atoms with Crippen molar-refractivity contribution in [2.75, 3.05) is 18.2 Å². The van der Waals surface area contributed by atoms with Crippen LogP contribution in [0.3, 0.4) is 0 Å². The third kappa shape index (κ3) is 2.67. The number of methoxy groups -OCH3 is 1. The Hall–Kier alpha value is -2.50. The van der Waals surface area contributed by atoms with Gasteiger partial charge in [0.25, 0.3) is 0 Å². The first-order chi connectivity index (χ1) is 9.01. The fraction of sp³-hybridized carbons (Fsp3) is 0.231. The minimum atomic E-state index is -0.434. The van der Waals surface area contributed by atoms with E-state index in [9.17, 15) is 4.79 Å². The van der Waals surface area contributed by atoms with E-state index in [-0.39, 0.29) is 0 Å². The predicted molar refractivity (Wildman–Crippen MR) is 73.4 cm³/mol. The van der Waals surface area contributed by atoms with Gasteiger partial charge in [0.15, 0.2) is 0 Å². The van der Waals surface area contributed by atoms with Crippen LogP contribution in [0, 0.1) is 6.92 Å². The number of esters is 1. The maximum absolute atomic E-state index is 11.7. The fourth-order valence-corrected chi connectivity index (χ4v) is 1.82. The molecule has 0 bridgehead atoms. The predicted octanol–water partition coefficient (Wildman–Crippen LogP) is 1.84. The fourth-order valence-electron chi connectivity index (χ4n) is 1.82. The van der Waals surface area contributed by atoms with Crippen LogP contribution >= 0.6 is 0 Å². The summed E-state index contributed by atoms with van der Waals surface area (Å²) in [5.41, 5.74) is 8.91. The number of carbonyl (C=O) groups excluding carboxylic acids is 1. The van der Waals surface area contributed by atoms with Gasteiger partial charge in [-0.1, -0.05) is 0 Å². The molecule has 0 fully saturated rings. The lowest BCUT2D eigenvalue weighted by Gasteiger charge is -2.10. The number of nitrogens with two attached hydrogens (primary N) is 1. The maximum atomic E-state index is 11.7.